The zero-order chi connectivity index (χ0) is 18.7. The summed E-state index contributed by atoms with van der Waals surface area (Å²) in [6, 6.07) is 9.36. The highest BCUT2D eigenvalue weighted by atomic mass is 16.5. The molecule has 1 aliphatic heterocycles. The van der Waals surface area contributed by atoms with Gasteiger partial charge in [-0.2, -0.15) is 0 Å². The molecule has 0 spiro atoms. The van der Waals surface area contributed by atoms with Crippen LogP contribution in [0.1, 0.15) is 38.1 Å². The van der Waals surface area contributed by atoms with Crippen molar-refractivity contribution in [1.82, 2.24) is 9.88 Å². The summed E-state index contributed by atoms with van der Waals surface area (Å²) in [7, 11) is 0. The first-order valence-corrected chi connectivity index (χ1v) is 7.90. The minimum atomic E-state index is -0.626. The molecule has 132 valence electrons. The molecule has 1 N–H and O–H groups in total. The monoisotopic (exact) mass is 353 g/mol. The van der Waals surface area contributed by atoms with E-state index in [0.717, 1.165) is 4.90 Å². The summed E-state index contributed by atoms with van der Waals surface area (Å²) >= 11 is 0. The number of aromatic nitrogens is 1. The molecule has 26 heavy (non-hydrogen) atoms. The Morgan fingerprint density at radius 1 is 1.12 bits per heavy atom. The molecule has 1 aromatic heterocycles. The highest BCUT2D eigenvalue weighted by Crippen LogP contribution is 2.21. The summed E-state index contributed by atoms with van der Waals surface area (Å²) in [5.74, 6) is -2.39. The minimum absolute atomic E-state index is 0.0252. The van der Waals surface area contributed by atoms with Gasteiger partial charge in [0.15, 0.2) is 0 Å². The molecule has 0 radical (unpaired) electrons. The van der Waals surface area contributed by atoms with Gasteiger partial charge in [0.05, 0.1) is 23.4 Å². The van der Waals surface area contributed by atoms with Crippen molar-refractivity contribution in [2.75, 3.05) is 18.5 Å². The molecule has 0 saturated heterocycles. The molecule has 0 bridgehead atoms. The number of fused-ring (bicyclic) bond motifs is 1. The number of pyridine rings is 1. The van der Waals surface area contributed by atoms with Gasteiger partial charge in [-0.25, -0.2) is 4.79 Å². The molecule has 1 aliphatic rings. The maximum atomic E-state index is 12.3. The third kappa shape index (κ3) is 3.16. The number of rotatable bonds is 5. The van der Waals surface area contributed by atoms with Crippen LogP contribution < -0.4 is 5.32 Å². The minimum Gasteiger partial charge on any atom is -0.462 e. The van der Waals surface area contributed by atoms with Crippen LogP contribution in [-0.2, 0) is 9.53 Å². The molecule has 0 atom stereocenters. The Hall–Kier alpha value is -3.55. The van der Waals surface area contributed by atoms with Crippen molar-refractivity contribution >= 4 is 29.4 Å². The second kappa shape index (κ2) is 7.14. The fourth-order valence-corrected chi connectivity index (χ4v) is 2.57. The van der Waals surface area contributed by atoms with Crippen LogP contribution in [0.25, 0.3) is 0 Å². The van der Waals surface area contributed by atoms with Gasteiger partial charge >= 0.3 is 5.97 Å². The average molecular weight is 353 g/mol. The average Bonchev–Trinajstić information content (AvgIpc) is 2.88. The zero-order valence-corrected chi connectivity index (χ0v) is 13.9. The van der Waals surface area contributed by atoms with Gasteiger partial charge in [0.25, 0.3) is 11.8 Å². The molecule has 0 unspecified atom stereocenters. The largest absolute Gasteiger partial charge is 0.462 e. The summed E-state index contributed by atoms with van der Waals surface area (Å²) < 4.78 is 4.94. The smallest absolute Gasteiger partial charge is 0.340 e. The van der Waals surface area contributed by atoms with Crippen LogP contribution in [0.3, 0.4) is 0 Å². The van der Waals surface area contributed by atoms with Gasteiger partial charge < -0.3 is 10.1 Å². The Balaban J connectivity index is 1.74. The van der Waals surface area contributed by atoms with Crippen molar-refractivity contribution in [2.45, 2.75) is 6.92 Å². The molecule has 8 nitrogen and oxygen atoms in total. The maximum Gasteiger partial charge on any atom is 0.340 e. The zero-order valence-electron chi connectivity index (χ0n) is 13.9. The Kier molecular flexibility index (Phi) is 4.74. The fourth-order valence-electron chi connectivity index (χ4n) is 2.57. The molecular weight excluding hydrogens is 338 g/mol. The number of amides is 3. The van der Waals surface area contributed by atoms with E-state index in [-0.39, 0.29) is 29.1 Å². The van der Waals surface area contributed by atoms with Gasteiger partial charge in [-0.05, 0) is 31.2 Å². The topological polar surface area (TPSA) is 106 Å². The number of para-hydroxylation sites is 1. The summed E-state index contributed by atoms with van der Waals surface area (Å²) in [5, 5.41) is 2.54. The van der Waals surface area contributed by atoms with Gasteiger partial charge in [0.1, 0.15) is 12.2 Å². The predicted molar refractivity (Wildman–Crippen MR) is 90.6 cm³/mol. The maximum absolute atomic E-state index is 12.3. The SMILES string of the molecule is CCOC(=O)c1ccccc1NC(=O)CN1C(=O)c2cccnc2C1=O. The van der Waals surface area contributed by atoms with Gasteiger partial charge in [0.2, 0.25) is 5.91 Å². The number of nitrogens with one attached hydrogen (secondary N) is 1. The normalized spacial score (nSPS) is 12.7. The number of benzene rings is 1. The van der Waals surface area contributed by atoms with Crippen LogP contribution in [-0.4, -0.2) is 46.7 Å². The van der Waals surface area contributed by atoms with Crippen molar-refractivity contribution in [2.24, 2.45) is 0 Å². The summed E-state index contributed by atoms with van der Waals surface area (Å²) in [6.45, 7) is 1.39. The molecule has 1 aromatic carbocycles. The Bertz CT molecular complexity index is 874. The van der Waals surface area contributed by atoms with E-state index in [1.54, 1.807) is 25.1 Å². The van der Waals surface area contributed by atoms with E-state index in [9.17, 15) is 19.2 Å². The van der Waals surface area contributed by atoms with Crippen LogP contribution in [0, 0.1) is 0 Å². The van der Waals surface area contributed by atoms with Crippen LogP contribution in [0.4, 0.5) is 5.69 Å². The number of carbonyl (C=O) groups is 4. The fraction of sp³-hybridized carbons (Fsp3) is 0.167. The molecule has 3 rings (SSSR count). The van der Waals surface area contributed by atoms with Crippen LogP contribution in [0.5, 0.6) is 0 Å². The number of anilines is 1. The molecule has 3 amide bonds. The Morgan fingerprint density at radius 3 is 2.62 bits per heavy atom. The second-order valence-corrected chi connectivity index (χ2v) is 5.41. The second-order valence-electron chi connectivity index (χ2n) is 5.41. The van der Waals surface area contributed by atoms with E-state index in [4.69, 9.17) is 4.74 Å². The quantitative estimate of drug-likeness (QED) is 0.645. The van der Waals surface area contributed by atoms with Crippen LogP contribution in [0.15, 0.2) is 42.6 Å². The molecule has 2 aromatic rings. The number of ether oxygens (including phenoxy) is 1. The first-order chi connectivity index (χ1) is 12.5. The van der Waals surface area contributed by atoms with E-state index < -0.39 is 30.2 Å². The van der Waals surface area contributed by atoms with Crippen molar-refractivity contribution in [3.63, 3.8) is 0 Å². The molecule has 0 fully saturated rings. The summed E-state index contributed by atoms with van der Waals surface area (Å²) in [4.78, 5) is 53.5. The van der Waals surface area contributed by atoms with Gasteiger partial charge in [-0.1, -0.05) is 12.1 Å². The van der Waals surface area contributed by atoms with Gasteiger partial charge in [0, 0.05) is 6.20 Å². The lowest BCUT2D eigenvalue weighted by molar-refractivity contribution is -0.116. The lowest BCUT2D eigenvalue weighted by Crippen LogP contribution is -2.37. The number of hydrogen-bond acceptors (Lipinski definition) is 6. The third-order valence-electron chi connectivity index (χ3n) is 3.73. The number of nitrogens with zero attached hydrogens (tertiary/aromatic N) is 2. The van der Waals surface area contributed by atoms with E-state index in [1.165, 1.54) is 24.4 Å². The van der Waals surface area contributed by atoms with E-state index in [0.29, 0.717) is 0 Å². The Labute approximate surface area is 148 Å². The van der Waals surface area contributed by atoms with Crippen molar-refractivity contribution < 1.29 is 23.9 Å². The lowest BCUT2D eigenvalue weighted by atomic mass is 10.2. The summed E-state index contributed by atoms with van der Waals surface area (Å²) in [5.41, 5.74) is 0.617. The standard InChI is InChI=1S/C18H15N3O5/c1-2-26-18(25)11-6-3-4-8-13(11)20-14(22)10-21-16(23)12-7-5-9-19-15(12)17(21)24/h3-9H,2,10H2,1H3,(H,20,22). The van der Waals surface area contributed by atoms with E-state index in [1.807, 2.05) is 0 Å². The number of hydrogen-bond donors (Lipinski definition) is 1. The first kappa shape index (κ1) is 17.3. The predicted octanol–water partition coefficient (Wildman–Crippen LogP) is 1.49. The molecular formula is C18H15N3O5. The highest BCUT2D eigenvalue weighted by molar-refractivity contribution is 6.21. The molecule has 2 heterocycles. The number of imide groups is 1. The van der Waals surface area contributed by atoms with Crippen LogP contribution in [0.2, 0.25) is 0 Å². The van der Waals surface area contributed by atoms with Gasteiger partial charge in [-0.3, -0.25) is 24.3 Å². The lowest BCUT2D eigenvalue weighted by Gasteiger charge is -2.14. The van der Waals surface area contributed by atoms with Crippen LogP contribution >= 0.6 is 0 Å². The van der Waals surface area contributed by atoms with Crippen molar-refractivity contribution in [3.8, 4) is 0 Å². The summed E-state index contributed by atoms with van der Waals surface area (Å²) in [6.07, 6.45) is 1.41. The number of carbonyl (C=O) groups excluding carboxylic acids is 4. The highest BCUT2D eigenvalue weighted by Gasteiger charge is 2.37. The first-order valence-electron chi connectivity index (χ1n) is 7.90. The van der Waals surface area contributed by atoms with E-state index in [2.05, 4.69) is 10.3 Å². The van der Waals surface area contributed by atoms with Gasteiger partial charge in [-0.15, -0.1) is 0 Å². The third-order valence-corrected chi connectivity index (χ3v) is 3.73. The number of esters is 1. The van der Waals surface area contributed by atoms with Crippen molar-refractivity contribution in [3.05, 3.63) is 59.4 Å². The van der Waals surface area contributed by atoms with E-state index >= 15 is 0 Å². The van der Waals surface area contributed by atoms with Crippen molar-refractivity contribution in [1.29, 1.82) is 0 Å². The molecule has 0 aliphatic carbocycles. The molecule has 8 heteroatoms. The Morgan fingerprint density at radius 2 is 1.88 bits per heavy atom. The molecule has 0 saturated carbocycles.